The standard InChI is InChI=1S/C16H24N2O2/c1-16(7-10-17-11-8-16)15(19)18-9-6-13-4-3-5-14(12-13)20-2/h3-5,12,17H,6-11H2,1-2H3,(H,18,19). The maximum Gasteiger partial charge on any atom is 0.226 e. The molecule has 0 aliphatic carbocycles. The Morgan fingerprint density at radius 1 is 1.40 bits per heavy atom. The minimum atomic E-state index is -0.209. The largest absolute Gasteiger partial charge is 0.497 e. The summed E-state index contributed by atoms with van der Waals surface area (Å²) in [6.07, 6.45) is 2.66. The monoisotopic (exact) mass is 276 g/mol. The Labute approximate surface area is 120 Å². The first-order valence-electron chi connectivity index (χ1n) is 7.26. The second kappa shape index (κ2) is 6.75. The quantitative estimate of drug-likeness (QED) is 0.861. The number of benzene rings is 1. The van der Waals surface area contributed by atoms with Crippen molar-refractivity contribution in [3.05, 3.63) is 29.8 Å². The Hall–Kier alpha value is -1.55. The van der Waals surface area contributed by atoms with Crippen molar-refractivity contribution in [2.24, 2.45) is 5.41 Å². The average Bonchev–Trinajstić information content (AvgIpc) is 2.48. The molecule has 1 aromatic rings. The normalized spacial score (nSPS) is 17.5. The lowest BCUT2D eigenvalue weighted by Crippen LogP contribution is -2.46. The zero-order chi connectivity index (χ0) is 14.4. The fourth-order valence-corrected chi connectivity index (χ4v) is 2.57. The van der Waals surface area contributed by atoms with Crippen LogP contribution in [0.15, 0.2) is 24.3 Å². The summed E-state index contributed by atoms with van der Waals surface area (Å²) in [5, 5.41) is 6.37. The van der Waals surface area contributed by atoms with Crippen molar-refractivity contribution in [3.8, 4) is 5.75 Å². The van der Waals surface area contributed by atoms with E-state index in [0.29, 0.717) is 6.54 Å². The predicted molar refractivity (Wildman–Crippen MR) is 79.9 cm³/mol. The van der Waals surface area contributed by atoms with Crippen LogP contribution in [0.3, 0.4) is 0 Å². The molecule has 1 heterocycles. The van der Waals surface area contributed by atoms with Crippen molar-refractivity contribution < 1.29 is 9.53 Å². The topological polar surface area (TPSA) is 50.4 Å². The highest BCUT2D eigenvalue weighted by Gasteiger charge is 2.33. The fraction of sp³-hybridized carbons (Fsp3) is 0.562. The SMILES string of the molecule is COc1cccc(CCNC(=O)C2(C)CCNCC2)c1. The van der Waals surface area contributed by atoms with Gasteiger partial charge in [-0.2, -0.15) is 0 Å². The van der Waals surface area contributed by atoms with Gasteiger partial charge in [-0.05, 0) is 50.0 Å². The highest BCUT2D eigenvalue weighted by molar-refractivity contribution is 5.82. The summed E-state index contributed by atoms with van der Waals surface area (Å²) in [5.74, 6) is 1.04. The van der Waals surface area contributed by atoms with Crippen LogP contribution in [-0.2, 0) is 11.2 Å². The van der Waals surface area contributed by atoms with Crippen LogP contribution < -0.4 is 15.4 Å². The third-order valence-corrected chi connectivity index (χ3v) is 4.09. The molecule has 110 valence electrons. The lowest BCUT2D eigenvalue weighted by molar-refractivity contribution is -0.131. The molecular formula is C16H24N2O2. The van der Waals surface area contributed by atoms with E-state index in [0.717, 1.165) is 38.1 Å². The second-order valence-electron chi connectivity index (χ2n) is 5.67. The summed E-state index contributed by atoms with van der Waals surface area (Å²) in [6.45, 7) is 4.60. The maximum atomic E-state index is 12.3. The van der Waals surface area contributed by atoms with Crippen LogP contribution in [0.2, 0.25) is 0 Å². The van der Waals surface area contributed by atoms with E-state index in [4.69, 9.17) is 4.74 Å². The maximum absolute atomic E-state index is 12.3. The van der Waals surface area contributed by atoms with Gasteiger partial charge in [0.1, 0.15) is 5.75 Å². The second-order valence-corrected chi connectivity index (χ2v) is 5.67. The highest BCUT2D eigenvalue weighted by Crippen LogP contribution is 2.27. The number of nitrogens with one attached hydrogen (secondary N) is 2. The first kappa shape index (κ1) is 14.9. The first-order valence-corrected chi connectivity index (χ1v) is 7.26. The van der Waals surface area contributed by atoms with E-state index < -0.39 is 0 Å². The molecule has 1 aliphatic heterocycles. The van der Waals surface area contributed by atoms with Crippen molar-refractivity contribution in [3.63, 3.8) is 0 Å². The summed E-state index contributed by atoms with van der Waals surface area (Å²) in [7, 11) is 1.67. The van der Waals surface area contributed by atoms with Gasteiger partial charge >= 0.3 is 0 Å². The Morgan fingerprint density at radius 2 is 2.15 bits per heavy atom. The molecule has 1 fully saturated rings. The van der Waals surface area contributed by atoms with E-state index in [-0.39, 0.29) is 11.3 Å². The van der Waals surface area contributed by atoms with Crippen molar-refractivity contribution in [2.75, 3.05) is 26.7 Å². The molecule has 0 spiro atoms. The molecule has 2 N–H and O–H groups in total. The Bertz CT molecular complexity index is 454. The molecule has 4 nitrogen and oxygen atoms in total. The summed E-state index contributed by atoms with van der Waals surface area (Å²) < 4.78 is 5.20. The van der Waals surface area contributed by atoms with Crippen LogP contribution in [0.4, 0.5) is 0 Å². The zero-order valence-corrected chi connectivity index (χ0v) is 12.4. The average molecular weight is 276 g/mol. The molecule has 0 atom stereocenters. The summed E-state index contributed by atoms with van der Waals surface area (Å²) >= 11 is 0. The molecule has 0 aromatic heterocycles. The number of rotatable bonds is 5. The molecule has 1 saturated heterocycles. The summed E-state index contributed by atoms with van der Waals surface area (Å²) in [5.41, 5.74) is 0.972. The summed E-state index contributed by atoms with van der Waals surface area (Å²) in [4.78, 5) is 12.3. The van der Waals surface area contributed by atoms with Crippen molar-refractivity contribution in [1.29, 1.82) is 0 Å². The van der Waals surface area contributed by atoms with E-state index >= 15 is 0 Å². The number of amides is 1. The third kappa shape index (κ3) is 3.73. The van der Waals surface area contributed by atoms with Gasteiger partial charge in [-0.15, -0.1) is 0 Å². The Morgan fingerprint density at radius 3 is 2.85 bits per heavy atom. The van der Waals surface area contributed by atoms with Gasteiger partial charge in [-0.25, -0.2) is 0 Å². The molecule has 1 amide bonds. The molecule has 0 bridgehead atoms. The molecule has 1 aliphatic rings. The number of hydrogen-bond acceptors (Lipinski definition) is 3. The van der Waals surface area contributed by atoms with Gasteiger partial charge in [-0.1, -0.05) is 19.1 Å². The number of carbonyl (C=O) groups excluding carboxylic acids is 1. The van der Waals surface area contributed by atoms with Crippen LogP contribution >= 0.6 is 0 Å². The fourth-order valence-electron chi connectivity index (χ4n) is 2.57. The molecule has 20 heavy (non-hydrogen) atoms. The van der Waals surface area contributed by atoms with Gasteiger partial charge < -0.3 is 15.4 Å². The molecule has 0 radical (unpaired) electrons. The van der Waals surface area contributed by atoms with Crippen molar-refractivity contribution >= 4 is 5.91 Å². The van der Waals surface area contributed by atoms with Gasteiger partial charge in [0.2, 0.25) is 5.91 Å². The van der Waals surface area contributed by atoms with E-state index in [1.54, 1.807) is 7.11 Å². The first-order chi connectivity index (χ1) is 9.64. The third-order valence-electron chi connectivity index (χ3n) is 4.09. The number of carbonyl (C=O) groups is 1. The van der Waals surface area contributed by atoms with Crippen molar-refractivity contribution in [2.45, 2.75) is 26.2 Å². The van der Waals surface area contributed by atoms with Crippen LogP contribution in [-0.4, -0.2) is 32.7 Å². The number of piperidine rings is 1. The Balaban J connectivity index is 1.81. The van der Waals surface area contributed by atoms with E-state index in [2.05, 4.69) is 23.6 Å². The van der Waals surface area contributed by atoms with Gasteiger partial charge in [0.15, 0.2) is 0 Å². The predicted octanol–water partition coefficient (Wildman–Crippen LogP) is 1.74. The minimum absolute atomic E-state index is 0.182. The highest BCUT2D eigenvalue weighted by atomic mass is 16.5. The molecule has 2 rings (SSSR count). The van der Waals surface area contributed by atoms with E-state index in [1.165, 1.54) is 5.56 Å². The number of ether oxygens (including phenoxy) is 1. The van der Waals surface area contributed by atoms with Crippen LogP contribution in [0.25, 0.3) is 0 Å². The van der Waals surface area contributed by atoms with Gasteiger partial charge in [0, 0.05) is 12.0 Å². The van der Waals surface area contributed by atoms with Crippen LogP contribution in [0.5, 0.6) is 5.75 Å². The molecular weight excluding hydrogens is 252 g/mol. The molecule has 0 saturated carbocycles. The summed E-state index contributed by atoms with van der Waals surface area (Å²) in [6, 6.07) is 7.97. The van der Waals surface area contributed by atoms with Gasteiger partial charge in [0.05, 0.1) is 7.11 Å². The van der Waals surface area contributed by atoms with Gasteiger partial charge in [0.25, 0.3) is 0 Å². The molecule has 0 unspecified atom stereocenters. The smallest absolute Gasteiger partial charge is 0.226 e. The van der Waals surface area contributed by atoms with E-state index in [1.807, 2.05) is 18.2 Å². The molecule has 1 aromatic carbocycles. The number of methoxy groups -OCH3 is 1. The molecule has 4 heteroatoms. The van der Waals surface area contributed by atoms with Gasteiger partial charge in [-0.3, -0.25) is 4.79 Å². The number of hydrogen-bond donors (Lipinski definition) is 2. The lowest BCUT2D eigenvalue weighted by Gasteiger charge is -2.32. The lowest BCUT2D eigenvalue weighted by atomic mass is 9.80. The van der Waals surface area contributed by atoms with E-state index in [9.17, 15) is 4.79 Å². The minimum Gasteiger partial charge on any atom is -0.497 e. The Kier molecular flexibility index (Phi) is 5.01. The van der Waals surface area contributed by atoms with Crippen LogP contribution in [0, 0.1) is 5.41 Å². The van der Waals surface area contributed by atoms with Crippen molar-refractivity contribution in [1.82, 2.24) is 10.6 Å². The van der Waals surface area contributed by atoms with Crippen LogP contribution in [0.1, 0.15) is 25.3 Å². The zero-order valence-electron chi connectivity index (χ0n) is 12.4.